The van der Waals surface area contributed by atoms with Crippen molar-refractivity contribution in [3.63, 3.8) is 0 Å². The molecule has 1 N–H and O–H groups in total. The number of amides is 1. The second-order valence-corrected chi connectivity index (χ2v) is 5.33. The van der Waals surface area contributed by atoms with Crippen molar-refractivity contribution in [3.05, 3.63) is 76.3 Å². The fourth-order valence-corrected chi connectivity index (χ4v) is 2.56. The van der Waals surface area contributed by atoms with Crippen LogP contribution < -0.4 is 10.9 Å². The van der Waals surface area contributed by atoms with E-state index < -0.39 is 0 Å². The molecule has 116 valence electrons. The number of nitrogens with one attached hydrogen (secondary N) is 1. The highest BCUT2D eigenvalue weighted by molar-refractivity contribution is 6.06. The number of benzene rings is 1. The molecule has 0 radical (unpaired) electrons. The molecule has 3 aromatic rings. The summed E-state index contributed by atoms with van der Waals surface area (Å²) in [5.41, 5.74) is 2.08. The Morgan fingerprint density at radius 1 is 1.17 bits per heavy atom. The summed E-state index contributed by atoms with van der Waals surface area (Å²) in [6.45, 7) is 0.506. The molecule has 2 aromatic heterocycles. The number of carbonyl (C=O) groups is 1. The van der Waals surface area contributed by atoms with E-state index in [2.05, 4.69) is 10.3 Å². The highest BCUT2D eigenvalue weighted by Gasteiger charge is 2.12. The molecule has 1 aromatic carbocycles. The second kappa shape index (κ2) is 6.44. The van der Waals surface area contributed by atoms with Gasteiger partial charge >= 0.3 is 0 Å². The Balaban J connectivity index is 1.81. The van der Waals surface area contributed by atoms with Gasteiger partial charge in [0.15, 0.2) is 0 Å². The monoisotopic (exact) mass is 307 g/mol. The molecule has 3 rings (SSSR count). The fraction of sp³-hybridized carbons (Fsp3) is 0.167. The fourth-order valence-electron chi connectivity index (χ4n) is 2.56. The van der Waals surface area contributed by atoms with Crippen molar-refractivity contribution in [2.45, 2.75) is 6.42 Å². The molecule has 0 aliphatic carbocycles. The number of rotatable bonds is 4. The Hall–Kier alpha value is -2.95. The molecule has 0 spiro atoms. The number of carbonyl (C=O) groups excluding carboxylic acids is 1. The van der Waals surface area contributed by atoms with Crippen LogP contribution in [0.15, 0.2) is 59.7 Å². The normalized spacial score (nSPS) is 10.7. The van der Waals surface area contributed by atoms with Gasteiger partial charge in [0.25, 0.3) is 11.5 Å². The van der Waals surface area contributed by atoms with Crippen LogP contribution in [0, 0.1) is 0 Å². The molecule has 0 fully saturated rings. The predicted molar refractivity (Wildman–Crippen MR) is 89.5 cm³/mol. The van der Waals surface area contributed by atoms with Crippen molar-refractivity contribution >= 4 is 16.8 Å². The van der Waals surface area contributed by atoms with Gasteiger partial charge in [-0.15, -0.1) is 0 Å². The standard InChI is InChI=1S/C18H17N3O2/c1-21-16-5-3-2-4-14(16)15(12-17(21)22)18(23)20-11-8-13-6-9-19-10-7-13/h2-7,9-10,12H,8,11H2,1H3,(H,20,23). The van der Waals surface area contributed by atoms with E-state index in [1.165, 1.54) is 6.07 Å². The van der Waals surface area contributed by atoms with Gasteiger partial charge in [0.05, 0.1) is 11.1 Å². The van der Waals surface area contributed by atoms with Crippen LogP contribution in [-0.2, 0) is 13.5 Å². The molecule has 23 heavy (non-hydrogen) atoms. The molecule has 0 saturated heterocycles. The Labute approximate surface area is 133 Å². The number of hydrogen-bond acceptors (Lipinski definition) is 3. The number of aryl methyl sites for hydroxylation is 1. The van der Waals surface area contributed by atoms with Gasteiger partial charge in [-0.2, -0.15) is 0 Å². The maximum Gasteiger partial charge on any atom is 0.252 e. The second-order valence-electron chi connectivity index (χ2n) is 5.33. The summed E-state index contributed by atoms with van der Waals surface area (Å²) in [5.74, 6) is -0.229. The average Bonchev–Trinajstić information content (AvgIpc) is 2.59. The van der Waals surface area contributed by atoms with Crippen molar-refractivity contribution in [1.29, 1.82) is 0 Å². The zero-order valence-electron chi connectivity index (χ0n) is 12.8. The first-order chi connectivity index (χ1) is 11.2. The molecule has 0 atom stereocenters. The third-order valence-corrected chi connectivity index (χ3v) is 3.85. The van der Waals surface area contributed by atoms with Crippen LogP contribution in [0.25, 0.3) is 10.9 Å². The molecule has 0 aliphatic heterocycles. The van der Waals surface area contributed by atoms with Crippen LogP contribution in [0.3, 0.4) is 0 Å². The van der Waals surface area contributed by atoms with Gasteiger partial charge in [-0.1, -0.05) is 18.2 Å². The lowest BCUT2D eigenvalue weighted by Gasteiger charge is -2.10. The third kappa shape index (κ3) is 3.13. The lowest BCUT2D eigenvalue weighted by atomic mass is 10.1. The number of fused-ring (bicyclic) bond motifs is 1. The molecule has 2 heterocycles. The average molecular weight is 307 g/mol. The minimum absolute atomic E-state index is 0.192. The largest absolute Gasteiger partial charge is 0.352 e. The van der Waals surface area contributed by atoms with Crippen molar-refractivity contribution in [3.8, 4) is 0 Å². The molecule has 1 amide bonds. The Kier molecular flexibility index (Phi) is 4.19. The smallest absolute Gasteiger partial charge is 0.252 e. The highest BCUT2D eigenvalue weighted by Crippen LogP contribution is 2.16. The summed E-state index contributed by atoms with van der Waals surface area (Å²) >= 11 is 0. The highest BCUT2D eigenvalue weighted by atomic mass is 16.2. The Morgan fingerprint density at radius 2 is 1.91 bits per heavy atom. The molecule has 0 aliphatic rings. The molecule has 5 heteroatoms. The van der Waals surface area contributed by atoms with Crippen LogP contribution >= 0.6 is 0 Å². The predicted octanol–water partition coefficient (Wildman–Crippen LogP) is 1.91. The Morgan fingerprint density at radius 3 is 2.70 bits per heavy atom. The van der Waals surface area contributed by atoms with E-state index in [1.54, 1.807) is 24.0 Å². The van der Waals surface area contributed by atoms with Crippen LogP contribution in [0.2, 0.25) is 0 Å². The molecule has 0 unspecified atom stereocenters. The lowest BCUT2D eigenvalue weighted by molar-refractivity contribution is 0.0955. The SMILES string of the molecule is Cn1c(=O)cc(C(=O)NCCc2ccncc2)c2ccccc21. The number of aromatic nitrogens is 2. The maximum absolute atomic E-state index is 12.4. The molecular weight excluding hydrogens is 290 g/mol. The Bertz CT molecular complexity index is 901. The maximum atomic E-state index is 12.4. The van der Waals surface area contributed by atoms with E-state index >= 15 is 0 Å². The summed E-state index contributed by atoms with van der Waals surface area (Å²) < 4.78 is 1.54. The van der Waals surface area contributed by atoms with Gasteiger partial charge < -0.3 is 9.88 Å². The van der Waals surface area contributed by atoms with Crippen LogP contribution in [-0.4, -0.2) is 22.0 Å². The molecule has 5 nitrogen and oxygen atoms in total. The summed E-state index contributed by atoms with van der Waals surface area (Å²) in [6.07, 6.45) is 4.17. The van der Waals surface area contributed by atoms with Gasteiger partial charge in [-0.3, -0.25) is 14.6 Å². The van der Waals surface area contributed by atoms with E-state index in [0.717, 1.165) is 22.9 Å². The molecular formula is C18H17N3O2. The van der Waals surface area contributed by atoms with Gasteiger partial charge in [0.2, 0.25) is 0 Å². The van der Waals surface area contributed by atoms with Gasteiger partial charge in [0.1, 0.15) is 0 Å². The van der Waals surface area contributed by atoms with Crippen molar-refractivity contribution in [2.75, 3.05) is 6.54 Å². The van der Waals surface area contributed by atoms with Crippen molar-refractivity contribution < 1.29 is 4.79 Å². The summed E-state index contributed by atoms with van der Waals surface area (Å²) in [4.78, 5) is 28.4. The summed E-state index contributed by atoms with van der Waals surface area (Å²) in [6, 6.07) is 12.6. The minimum atomic E-state index is -0.229. The first kappa shape index (κ1) is 15.0. The quantitative estimate of drug-likeness (QED) is 0.801. The number of para-hydroxylation sites is 1. The topological polar surface area (TPSA) is 64.0 Å². The third-order valence-electron chi connectivity index (χ3n) is 3.85. The van der Waals surface area contributed by atoms with Crippen molar-refractivity contribution in [1.82, 2.24) is 14.9 Å². The summed E-state index contributed by atoms with van der Waals surface area (Å²) in [7, 11) is 1.70. The van der Waals surface area contributed by atoms with Gasteiger partial charge in [-0.25, -0.2) is 0 Å². The first-order valence-electron chi connectivity index (χ1n) is 7.42. The van der Waals surface area contributed by atoms with Crippen molar-refractivity contribution in [2.24, 2.45) is 7.05 Å². The van der Waals surface area contributed by atoms with Gasteiger partial charge in [-0.05, 0) is 30.2 Å². The zero-order chi connectivity index (χ0) is 16.2. The zero-order valence-corrected chi connectivity index (χ0v) is 12.8. The lowest BCUT2D eigenvalue weighted by Crippen LogP contribution is -2.28. The number of nitrogens with zero attached hydrogens (tertiary/aromatic N) is 2. The molecule has 0 bridgehead atoms. The van der Waals surface area contributed by atoms with E-state index in [-0.39, 0.29) is 11.5 Å². The van der Waals surface area contributed by atoms with Crippen LogP contribution in [0.1, 0.15) is 15.9 Å². The van der Waals surface area contributed by atoms with E-state index in [1.807, 2.05) is 36.4 Å². The first-order valence-corrected chi connectivity index (χ1v) is 7.42. The number of pyridine rings is 2. The van der Waals surface area contributed by atoms with E-state index in [0.29, 0.717) is 12.1 Å². The number of hydrogen-bond donors (Lipinski definition) is 1. The van der Waals surface area contributed by atoms with E-state index in [4.69, 9.17) is 0 Å². The minimum Gasteiger partial charge on any atom is -0.352 e. The van der Waals surface area contributed by atoms with Gasteiger partial charge in [0, 0.05) is 37.4 Å². The van der Waals surface area contributed by atoms with Crippen LogP contribution in [0.4, 0.5) is 0 Å². The molecule has 0 saturated carbocycles. The van der Waals surface area contributed by atoms with E-state index in [9.17, 15) is 9.59 Å². The van der Waals surface area contributed by atoms with Crippen LogP contribution in [0.5, 0.6) is 0 Å². The summed E-state index contributed by atoms with van der Waals surface area (Å²) in [5, 5.41) is 3.65.